The first kappa shape index (κ1) is 18.3. The Hall–Kier alpha value is -2.06. The summed E-state index contributed by atoms with van der Waals surface area (Å²) in [5.74, 6) is 1.33. The fourth-order valence-electron chi connectivity index (χ4n) is 3.67. The first-order chi connectivity index (χ1) is 12.9. The lowest BCUT2D eigenvalue weighted by Gasteiger charge is -2.29. The van der Waals surface area contributed by atoms with Gasteiger partial charge < -0.3 is 15.0 Å². The van der Waals surface area contributed by atoms with Crippen molar-refractivity contribution in [2.24, 2.45) is 0 Å². The van der Waals surface area contributed by atoms with Crippen LogP contribution in [0.25, 0.3) is 11.3 Å². The van der Waals surface area contributed by atoms with Gasteiger partial charge in [0.1, 0.15) is 11.8 Å². The summed E-state index contributed by atoms with van der Waals surface area (Å²) in [6, 6.07) is 7.26. The molecular weight excluding hydrogens is 382 g/mol. The van der Waals surface area contributed by atoms with Gasteiger partial charge in [0, 0.05) is 22.6 Å². The minimum absolute atomic E-state index is 0.0666. The Labute approximate surface area is 166 Å². The first-order valence-electron chi connectivity index (χ1n) is 8.80. The zero-order chi connectivity index (χ0) is 19.2. The monoisotopic (exact) mass is 403 g/mol. The maximum atomic E-state index is 12.8. The number of amides is 2. The number of thiazole rings is 1. The number of carbonyl (C=O) groups excluding carboxylic acids is 2. The number of rotatable bonds is 4. The van der Waals surface area contributed by atoms with E-state index in [9.17, 15) is 9.59 Å². The molecule has 142 valence electrons. The van der Waals surface area contributed by atoms with Gasteiger partial charge in [0.25, 0.3) is 0 Å². The molecule has 2 aromatic rings. The number of ether oxygens (including phenoxy) is 1. The summed E-state index contributed by atoms with van der Waals surface area (Å²) < 4.78 is 5.19. The maximum absolute atomic E-state index is 12.8. The highest BCUT2D eigenvalue weighted by molar-refractivity contribution is 8.01. The van der Waals surface area contributed by atoms with Crippen molar-refractivity contribution in [1.29, 1.82) is 0 Å². The van der Waals surface area contributed by atoms with Crippen LogP contribution in [0.3, 0.4) is 0 Å². The molecule has 6 nitrogen and oxygen atoms in total. The second-order valence-corrected chi connectivity index (χ2v) is 9.61. The molecule has 1 aromatic heterocycles. The van der Waals surface area contributed by atoms with Crippen LogP contribution in [0.2, 0.25) is 0 Å². The molecule has 27 heavy (non-hydrogen) atoms. The van der Waals surface area contributed by atoms with Gasteiger partial charge in [-0.25, -0.2) is 4.98 Å². The molecule has 0 spiro atoms. The largest absolute Gasteiger partial charge is 0.497 e. The average Bonchev–Trinajstić information content (AvgIpc) is 3.28. The van der Waals surface area contributed by atoms with Crippen LogP contribution in [0.4, 0.5) is 5.13 Å². The minimum atomic E-state index is -0.427. The number of benzene rings is 1. The zero-order valence-electron chi connectivity index (χ0n) is 15.4. The van der Waals surface area contributed by atoms with Gasteiger partial charge in [0.2, 0.25) is 11.8 Å². The van der Waals surface area contributed by atoms with Gasteiger partial charge in [-0.3, -0.25) is 9.59 Å². The summed E-state index contributed by atoms with van der Waals surface area (Å²) in [5.41, 5.74) is 1.82. The van der Waals surface area contributed by atoms with Gasteiger partial charge in [-0.05, 0) is 44.5 Å². The number of carbonyl (C=O) groups is 2. The summed E-state index contributed by atoms with van der Waals surface area (Å²) in [7, 11) is 1.63. The highest BCUT2D eigenvalue weighted by atomic mass is 32.2. The number of aryl methyl sites for hydroxylation is 1. The molecule has 4 rings (SSSR count). The van der Waals surface area contributed by atoms with Crippen LogP contribution in [0.15, 0.2) is 24.3 Å². The van der Waals surface area contributed by atoms with E-state index in [2.05, 4.69) is 10.3 Å². The van der Waals surface area contributed by atoms with Crippen molar-refractivity contribution in [1.82, 2.24) is 9.88 Å². The normalized spacial score (nSPS) is 24.2. The standard InChI is InChI=1S/C19H21N3O3S2/c1-11-16(12-4-6-13(25-3)7-5-12)20-18(27-11)21-17(24)14-10-26-19(2)9-8-15(23)22(14)19/h4-7,14H,8-10H2,1-3H3,(H,20,21,24)/t14-,19+/m0/s1. The van der Waals surface area contributed by atoms with Crippen LogP contribution >= 0.6 is 23.1 Å². The Bertz CT molecular complexity index is 896. The maximum Gasteiger partial charge on any atom is 0.249 e. The fourth-order valence-corrected chi connectivity index (χ4v) is 5.94. The van der Waals surface area contributed by atoms with Gasteiger partial charge in [-0.15, -0.1) is 23.1 Å². The van der Waals surface area contributed by atoms with E-state index in [1.165, 1.54) is 11.3 Å². The Balaban J connectivity index is 1.52. The molecule has 3 heterocycles. The number of hydrogen-bond donors (Lipinski definition) is 1. The second-order valence-electron chi connectivity index (χ2n) is 6.91. The van der Waals surface area contributed by atoms with Crippen molar-refractivity contribution in [3.63, 3.8) is 0 Å². The van der Waals surface area contributed by atoms with Gasteiger partial charge in [0.05, 0.1) is 17.7 Å². The summed E-state index contributed by atoms with van der Waals surface area (Å²) in [6.07, 6.45) is 1.32. The SMILES string of the molecule is COc1ccc(-c2nc(NC(=O)[C@@H]3CS[C@]4(C)CCC(=O)N34)sc2C)cc1. The highest BCUT2D eigenvalue weighted by Crippen LogP contribution is 2.47. The quantitative estimate of drug-likeness (QED) is 0.846. The molecule has 2 aliphatic heterocycles. The van der Waals surface area contributed by atoms with E-state index in [0.717, 1.165) is 28.3 Å². The third kappa shape index (κ3) is 3.21. The van der Waals surface area contributed by atoms with E-state index in [1.807, 2.05) is 38.1 Å². The number of methoxy groups -OCH3 is 1. The van der Waals surface area contributed by atoms with Gasteiger partial charge in [0.15, 0.2) is 5.13 Å². The number of nitrogens with one attached hydrogen (secondary N) is 1. The van der Waals surface area contributed by atoms with E-state index >= 15 is 0 Å². The van der Waals surface area contributed by atoms with E-state index in [1.54, 1.807) is 23.8 Å². The lowest BCUT2D eigenvalue weighted by Crippen LogP contribution is -2.48. The summed E-state index contributed by atoms with van der Waals surface area (Å²) >= 11 is 3.14. The molecule has 2 amide bonds. The summed E-state index contributed by atoms with van der Waals surface area (Å²) in [6.45, 7) is 4.03. The Morgan fingerprint density at radius 2 is 2.11 bits per heavy atom. The number of anilines is 1. The molecule has 2 fully saturated rings. The van der Waals surface area contributed by atoms with Gasteiger partial charge in [-0.2, -0.15) is 0 Å². The molecule has 0 bridgehead atoms. The van der Waals surface area contributed by atoms with E-state index in [-0.39, 0.29) is 16.7 Å². The predicted molar refractivity (Wildman–Crippen MR) is 108 cm³/mol. The Morgan fingerprint density at radius 1 is 1.37 bits per heavy atom. The summed E-state index contributed by atoms with van der Waals surface area (Å²) in [5, 5.41) is 3.49. The van der Waals surface area contributed by atoms with Crippen molar-refractivity contribution >= 4 is 40.0 Å². The number of hydrogen-bond acceptors (Lipinski definition) is 6. The number of fused-ring (bicyclic) bond motifs is 1. The van der Waals surface area contributed by atoms with Crippen molar-refractivity contribution in [2.75, 3.05) is 18.2 Å². The predicted octanol–water partition coefficient (Wildman–Crippen LogP) is 3.52. The number of aromatic nitrogens is 1. The molecule has 1 N–H and O–H groups in total. The van der Waals surface area contributed by atoms with Gasteiger partial charge >= 0.3 is 0 Å². The third-order valence-electron chi connectivity index (χ3n) is 5.14. The number of thioether (sulfide) groups is 1. The third-order valence-corrected chi connectivity index (χ3v) is 7.53. The zero-order valence-corrected chi connectivity index (χ0v) is 17.1. The van der Waals surface area contributed by atoms with Crippen molar-refractivity contribution in [2.45, 2.75) is 37.6 Å². The fraction of sp³-hybridized carbons (Fsp3) is 0.421. The topological polar surface area (TPSA) is 71.5 Å². The van der Waals surface area contributed by atoms with Crippen LogP contribution in [0, 0.1) is 6.92 Å². The first-order valence-corrected chi connectivity index (χ1v) is 10.6. The number of nitrogens with zero attached hydrogens (tertiary/aromatic N) is 2. The van der Waals surface area contributed by atoms with E-state index in [4.69, 9.17) is 4.74 Å². The van der Waals surface area contributed by atoms with Crippen molar-refractivity contribution in [3.05, 3.63) is 29.1 Å². The molecule has 0 saturated carbocycles. The molecule has 2 atom stereocenters. The molecule has 0 aliphatic carbocycles. The molecule has 0 unspecified atom stereocenters. The lowest BCUT2D eigenvalue weighted by molar-refractivity contribution is -0.135. The highest BCUT2D eigenvalue weighted by Gasteiger charge is 2.52. The van der Waals surface area contributed by atoms with E-state index < -0.39 is 6.04 Å². The Kier molecular flexibility index (Phi) is 4.63. The molecule has 2 saturated heterocycles. The van der Waals surface area contributed by atoms with Crippen LogP contribution in [-0.2, 0) is 9.59 Å². The second kappa shape index (κ2) is 6.83. The van der Waals surface area contributed by atoms with Crippen LogP contribution < -0.4 is 10.1 Å². The molecule has 0 radical (unpaired) electrons. The average molecular weight is 404 g/mol. The van der Waals surface area contributed by atoms with Crippen molar-refractivity contribution in [3.8, 4) is 17.0 Å². The summed E-state index contributed by atoms with van der Waals surface area (Å²) in [4.78, 5) is 32.2. The molecule has 1 aromatic carbocycles. The molecule has 8 heteroatoms. The Morgan fingerprint density at radius 3 is 2.81 bits per heavy atom. The molecular formula is C19H21N3O3S2. The van der Waals surface area contributed by atoms with Crippen molar-refractivity contribution < 1.29 is 14.3 Å². The minimum Gasteiger partial charge on any atom is -0.497 e. The van der Waals surface area contributed by atoms with Gasteiger partial charge in [-0.1, -0.05) is 0 Å². The lowest BCUT2D eigenvalue weighted by atomic mass is 10.1. The van der Waals surface area contributed by atoms with Crippen LogP contribution in [-0.4, -0.2) is 45.5 Å². The molecule has 2 aliphatic rings. The van der Waals surface area contributed by atoms with Crippen LogP contribution in [0.1, 0.15) is 24.6 Å². The van der Waals surface area contributed by atoms with Crippen LogP contribution in [0.5, 0.6) is 5.75 Å². The van der Waals surface area contributed by atoms with E-state index in [0.29, 0.717) is 17.3 Å². The smallest absolute Gasteiger partial charge is 0.249 e.